The Morgan fingerprint density at radius 3 is 2.46 bits per heavy atom. The van der Waals surface area contributed by atoms with Gasteiger partial charge in [0.25, 0.3) is 5.91 Å². The number of methoxy groups -OCH3 is 1. The lowest BCUT2D eigenvalue weighted by atomic mass is 9.95. The van der Waals surface area contributed by atoms with Gasteiger partial charge >= 0.3 is 0 Å². The average Bonchev–Trinajstić information content (AvgIpc) is 3.28. The summed E-state index contributed by atoms with van der Waals surface area (Å²) in [4.78, 5) is 18.4. The first-order chi connectivity index (χ1) is 16.9. The second-order valence-electron chi connectivity index (χ2n) is 8.34. The fourth-order valence-corrected chi connectivity index (χ4v) is 4.29. The molecular weight excluding hydrogens is 462 g/mol. The lowest BCUT2D eigenvalue weighted by Gasteiger charge is -2.28. The maximum absolute atomic E-state index is 13.7. The highest BCUT2D eigenvalue weighted by molar-refractivity contribution is 6.30. The van der Waals surface area contributed by atoms with Crippen molar-refractivity contribution < 1.29 is 9.53 Å². The summed E-state index contributed by atoms with van der Waals surface area (Å²) in [6.07, 6.45) is 0. The second-order valence-corrected chi connectivity index (χ2v) is 8.78. The van der Waals surface area contributed by atoms with E-state index in [4.69, 9.17) is 26.4 Å². The molecule has 4 aromatic rings. The van der Waals surface area contributed by atoms with E-state index in [2.05, 4.69) is 10.6 Å². The van der Waals surface area contributed by atoms with Crippen LogP contribution >= 0.6 is 11.6 Å². The zero-order chi connectivity index (χ0) is 24.5. The molecule has 35 heavy (non-hydrogen) atoms. The third-order valence-electron chi connectivity index (χ3n) is 5.95. The Balaban J connectivity index is 1.59. The lowest BCUT2D eigenvalue weighted by Crippen LogP contribution is -2.31. The third kappa shape index (κ3) is 4.38. The largest absolute Gasteiger partial charge is 0.495 e. The van der Waals surface area contributed by atoms with Crippen molar-refractivity contribution in [1.82, 2.24) is 14.8 Å². The van der Waals surface area contributed by atoms with E-state index in [1.165, 1.54) is 0 Å². The summed E-state index contributed by atoms with van der Waals surface area (Å²) in [5.41, 5.74) is 4.70. The minimum atomic E-state index is -0.509. The molecule has 1 atom stereocenters. The van der Waals surface area contributed by atoms with E-state index in [-0.39, 0.29) is 5.91 Å². The summed E-state index contributed by atoms with van der Waals surface area (Å²) >= 11 is 6.16. The molecule has 0 spiro atoms. The van der Waals surface area contributed by atoms with Gasteiger partial charge in [0.1, 0.15) is 11.8 Å². The summed E-state index contributed by atoms with van der Waals surface area (Å²) < 4.78 is 7.17. The second kappa shape index (κ2) is 9.27. The molecule has 176 valence electrons. The number of hydrogen-bond acceptors (Lipinski definition) is 5. The van der Waals surface area contributed by atoms with Crippen LogP contribution in [0.3, 0.4) is 0 Å². The first-order valence-electron chi connectivity index (χ1n) is 11.2. The first kappa shape index (κ1) is 22.7. The molecule has 8 heteroatoms. The van der Waals surface area contributed by atoms with Gasteiger partial charge in [-0.15, -0.1) is 5.10 Å². The van der Waals surface area contributed by atoms with Gasteiger partial charge in [-0.2, -0.15) is 4.98 Å². The molecular formula is C27H24ClN5O2. The first-order valence-corrected chi connectivity index (χ1v) is 11.5. The number of aryl methyl sites for hydroxylation is 1. The predicted molar refractivity (Wildman–Crippen MR) is 138 cm³/mol. The Kier molecular flexibility index (Phi) is 6.01. The molecule has 0 fully saturated rings. The summed E-state index contributed by atoms with van der Waals surface area (Å²) in [6.45, 7) is 3.90. The van der Waals surface area contributed by atoms with Crippen molar-refractivity contribution in [2.75, 3.05) is 17.7 Å². The molecule has 1 aromatic heterocycles. The van der Waals surface area contributed by atoms with Crippen molar-refractivity contribution in [3.63, 3.8) is 0 Å². The Morgan fingerprint density at radius 2 is 1.74 bits per heavy atom. The highest BCUT2D eigenvalue weighted by atomic mass is 35.5. The standard InChI is InChI=1S/C27H24ClN5O2/c1-16-8-10-19(11-9-16)25-31-27-29-17(2)23(26(34)30-21-6-4-5-7-22(21)35-3)24(33(27)32-25)18-12-14-20(28)15-13-18/h4-15,24H,1-3H3,(H,30,34)(H,29,31,32). The number of aromatic nitrogens is 3. The smallest absolute Gasteiger partial charge is 0.255 e. The van der Waals surface area contributed by atoms with Crippen LogP contribution in [0.15, 0.2) is 84.1 Å². The van der Waals surface area contributed by atoms with Crippen molar-refractivity contribution in [1.29, 1.82) is 0 Å². The number of carbonyl (C=O) groups excluding carboxylic acids is 1. The van der Waals surface area contributed by atoms with Gasteiger partial charge < -0.3 is 15.4 Å². The van der Waals surface area contributed by atoms with Crippen molar-refractivity contribution in [3.05, 3.63) is 100 Å². The number of amides is 1. The molecule has 2 heterocycles. The van der Waals surface area contributed by atoms with E-state index < -0.39 is 6.04 Å². The number of fused-ring (bicyclic) bond motifs is 1. The molecule has 1 unspecified atom stereocenters. The van der Waals surface area contributed by atoms with Gasteiger partial charge in [-0.05, 0) is 43.7 Å². The minimum absolute atomic E-state index is 0.266. The highest BCUT2D eigenvalue weighted by Crippen LogP contribution is 2.37. The van der Waals surface area contributed by atoms with Crippen LogP contribution < -0.4 is 15.4 Å². The van der Waals surface area contributed by atoms with Gasteiger partial charge in [-0.3, -0.25) is 4.79 Å². The maximum Gasteiger partial charge on any atom is 0.255 e. The van der Waals surface area contributed by atoms with Gasteiger partial charge in [0, 0.05) is 16.3 Å². The third-order valence-corrected chi connectivity index (χ3v) is 6.20. The van der Waals surface area contributed by atoms with Gasteiger partial charge in [-0.25, -0.2) is 4.68 Å². The van der Waals surface area contributed by atoms with Gasteiger partial charge in [0.15, 0.2) is 5.82 Å². The Bertz CT molecular complexity index is 1420. The van der Waals surface area contributed by atoms with Crippen LogP contribution in [0.4, 0.5) is 11.6 Å². The van der Waals surface area contributed by atoms with Gasteiger partial charge in [0.2, 0.25) is 5.95 Å². The van der Waals surface area contributed by atoms with Crippen LogP contribution in [0, 0.1) is 6.92 Å². The molecule has 0 saturated heterocycles. The summed E-state index contributed by atoms with van der Waals surface area (Å²) in [5, 5.41) is 11.7. The molecule has 0 radical (unpaired) electrons. The van der Waals surface area contributed by atoms with Gasteiger partial charge in [0.05, 0.1) is 18.4 Å². The monoisotopic (exact) mass is 485 g/mol. The number of ether oxygens (including phenoxy) is 1. The molecule has 2 N–H and O–H groups in total. The number of nitrogens with one attached hydrogen (secondary N) is 2. The van der Waals surface area contributed by atoms with E-state index in [1.807, 2.05) is 74.5 Å². The number of carbonyl (C=O) groups is 1. The van der Waals surface area contributed by atoms with Gasteiger partial charge in [-0.1, -0.05) is 65.7 Å². The van der Waals surface area contributed by atoms with Crippen molar-refractivity contribution in [2.24, 2.45) is 0 Å². The number of allylic oxidation sites excluding steroid dienone is 1. The molecule has 0 aliphatic carbocycles. The summed E-state index contributed by atoms with van der Waals surface area (Å²) in [5.74, 6) is 1.45. The maximum atomic E-state index is 13.7. The highest BCUT2D eigenvalue weighted by Gasteiger charge is 2.34. The number of halogens is 1. The number of nitrogens with zero attached hydrogens (tertiary/aromatic N) is 3. The van der Waals surface area contributed by atoms with Crippen molar-refractivity contribution in [3.8, 4) is 17.1 Å². The van der Waals surface area contributed by atoms with E-state index in [9.17, 15) is 4.79 Å². The normalized spacial score (nSPS) is 14.8. The number of benzene rings is 3. The molecule has 1 aliphatic heterocycles. The van der Waals surface area contributed by atoms with Crippen LogP contribution in [0.5, 0.6) is 5.75 Å². The SMILES string of the molecule is COc1ccccc1NC(=O)C1=C(C)Nc2nc(-c3ccc(C)cc3)nn2C1c1ccc(Cl)cc1. The average molecular weight is 486 g/mol. The molecule has 5 rings (SSSR count). The van der Waals surface area contributed by atoms with Crippen LogP contribution in [0.25, 0.3) is 11.4 Å². The Hall–Kier alpha value is -4.10. The van der Waals surface area contributed by atoms with Crippen molar-refractivity contribution in [2.45, 2.75) is 19.9 Å². The molecule has 3 aromatic carbocycles. The predicted octanol–water partition coefficient (Wildman–Crippen LogP) is 5.84. The molecule has 7 nitrogen and oxygen atoms in total. The number of anilines is 2. The fraction of sp³-hybridized carbons (Fsp3) is 0.148. The van der Waals surface area contributed by atoms with E-state index in [0.29, 0.717) is 39.5 Å². The van der Waals surface area contributed by atoms with Crippen LogP contribution in [-0.2, 0) is 4.79 Å². The fourth-order valence-electron chi connectivity index (χ4n) is 4.16. The topological polar surface area (TPSA) is 81.1 Å². The van der Waals surface area contributed by atoms with E-state index in [1.54, 1.807) is 23.9 Å². The zero-order valence-electron chi connectivity index (χ0n) is 19.5. The molecule has 1 aliphatic rings. The summed E-state index contributed by atoms with van der Waals surface area (Å²) in [7, 11) is 1.57. The van der Waals surface area contributed by atoms with E-state index in [0.717, 1.165) is 16.7 Å². The van der Waals surface area contributed by atoms with E-state index >= 15 is 0 Å². The van der Waals surface area contributed by atoms with Crippen molar-refractivity contribution >= 4 is 29.1 Å². The van der Waals surface area contributed by atoms with Crippen LogP contribution in [0.1, 0.15) is 24.1 Å². The molecule has 1 amide bonds. The van der Waals surface area contributed by atoms with Crippen LogP contribution in [0.2, 0.25) is 5.02 Å². The molecule has 0 bridgehead atoms. The zero-order valence-corrected chi connectivity index (χ0v) is 20.3. The number of hydrogen-bond donors (Lipinski definition) is 2. The quantitative estimate of drug-likeness (QED) is 0.371. The lowest BCUT2D eigenvalue weighted by molar-refractivity contribution is -0.113. The molecule has 0 saturated carbocycles. The van der Waals surface area contributed by atoms with Crippen LogP contribution in [-0.4, -0.2) is 27.8 Å². The Morgan fingerprint density at radius 1 is 1.03 bits per heavy atom. The number of rotatable bonds is 5. The minimum Gasteiger partial charge on any atom is -0.495 e. The summed E-state index contributed by atoms with van der Waals surface area (Å²) in [6, 6.07) is 22.2. The number of para-hydroxylation sites is 2. The Labute approximate surface area is 208 Å².